The Hall–Kier alpha value is -4.14. The Morgan fingerprint density at radius 2 is 1.87 bits per heavy atom. The minimum absolute atomic E-state index is 0.174. The number of hydrogen-bond acceptors (Lipinski definition) is 7. The van der Waals surface area contributed by atoms with Crippen LogP contribution >= 0.6 is 0 Å². The monoisotopic (exact) mass is 403 g/mol. The summed E-state index contributed by atoms with van der Waals surface area (Å²) >= 11 is 0. The van der Waals surface area contributed by atoms with E-state index in [9.17, 15) is 4.79 Å². The first-order chi connectivity index (χ1) is 14.5. The molecule has 0 bridgehead atoms. The van der Waals surface area contributed by atoms with Crippen molar-refractivity contribution in [3.05, 3.63) is 66.0 Å². The Balaban J connectivity index is 1.39. The van der Waals surface area contributed by atoms with Gasteiger partial charge in [0.25, 0.3) is 5.91 Å². The number of nitrogen functional groups attached to an aromatic ring is 1. The number of carbonyl (C=O) groups is 1. The number of aromatic nitrogens is 4. The number of aryl methyl sites for hydroxylation is 1. The third kappa shape index (κ3) is 4.00. The zero-order valence-corrected chi connectivity index (χ0v) is 16.6. The molecule has 0 saturated heterocycles. The first-order valence-electron chi connectivity index (χ1n) is 9.30. The average Bonchev–Trinajstić information content (AvgIpc) is 3.08. The summed E-state index contributed by atoms with van der Waals surface area (Å²) in [5.74, 6) is 1.12. The second-order valence-corrected chi connectivity index (χ2v) is 6.68. The van der Waals surface area contributed by atoms with Crippen LogP contribution in [0, 0.1) is 0 Å². The molecular formula is C21H21N7O2. The summed E-state index contributed by atoms with van der Waals surface area (Å²) in [4.78, 5) is 24.2. The Kier molecular flexibility index (Phi) is 5.17. The van der Waals surface area contributed by atoms with Gasteiger partial charge in [-0.2, -0.15) is 0 Å². The maximum atomic E-state index is 11.5. The largest absolute Gasteiger partial charge is 0.424 e. The van der Waals surface area contributed by atoms with Crippen LogP contribution in [0.15, 0.2) is 54.9 Å². The summed E-state index contributed by atoms with van der Waals surface area (Å²) in [6.07, 6.45) is 2.84. The average molecular weight is 403 g/mol. The second-order valence-electron chi connectivity index (χ2n) is 6.68. The highest BCUT2D eigenvalue weighted by atomic mass is 16.5. The molecule has 0 unspecified atom stereocenters. The summed E-state index contributed by atoms with van der Waals surface area (Å²) < 4.78 is 7.61. The first-order valence-corrected chi connectivity index (χ1v) is 9.30. The van der Waals surface area contributed by atoms with E-state index >= 15 is 0 Å². The molecule has 4 N–H and O–H groups in total. The fourth-order valence-electron chi connectivity index (χ4n) is 2.96. The molecule has 0 saturated carbocycles. The van der Waals surface area contributed by atoms with Crippen molar-refractivity contribution in [2.24, 2.45) is 7.05 Å². The van der Waals surface area contributed by atoms with E-state index in [4.69, 9.17) is 10.5 Å². The lowest BCUT2D eigenvalue weighted by Gasteiger charge is -2.08. The van der Waals surface area contributed by atoms with Gasteiger partial charge in [-0.05, 0) is 35.9 Å². The van der Waals surface area contributed by atoms with Crippen LogP contribution in [0.1, 0.15) is 15.9 Å². The fourth-order valence-corrected chi connectivity index (χ4v) is 2.96. The number of ether oxygens (including phenoxy) is 1. The highest BCUT2D eigenvalue weighted by molar-refractivity contribution is 5.93. The molecule has 9 nitrogen and oxygen atoms in total. The van der Waals surface area contributed by atoms with Gasteiger partial charge in [-0.3, -0.25) is 4.79 Å². The molecule has 2 aromatic heterocycles. The summed E-state index contributed by atoms with van der Waals surface area (Å²) in [7, 11) is 3.50. The van der Waals surface area contributed by atoms with Gasteiger partial charge < -0.3 is 25.7 Å². The molecule has 0 radical (unpaired) electrons. The van der Waals surface area contributed by atoms with Crippen molar-refractivity contribution in [2.45, 2.75) is 6.54 Å². The number of nitrogens with zero attached hydrogens (tertiary/aromatic N) is 4. The second kappa shape index (κ2) is 8.08. The van der Waals surface area contributed by atoms with Gasteiger partial charge in [0.05, 0.1) is 16.6 Å². The first kappa shape index (κ1) is 19.2. The molecular weight excluding hydrogens is 382 g/mol. The molecule has 9 heteroatoms. The van der Waals surface area contributed by atoms with Crippen molar-refractivity contribution in [3.8, 4) is 11.8 Å². The lowest BCUT2D eigenvalue weighted by atomic mass is 10.2. The van der Waals surface area contributed by atoms with Gasteiger partial charge in [0.1, 0.15) is 5.75 Å². The molecule has 0 atom stereocenters. The SMILES string of the molecule is CNC(=O)c1cnc(Oc2ccc(CNc3nc4ccc(N)cc4n3C)cc2)nc1. The number of carbonyl (C=O) groups excluding carboxylic acids is 1. The van der Waals surface area contributed by atoms with Crippen LogP contribution in [-0.4, -0.2) is 32.5 Å². The van der Waals surface area contributed by atoms with Gasteiger partial charge in [0.15, 0.2) is 0 Å². The van der Waals surface area contributed by atoms with Gasteiger partial charge in [-0.1, -0.05) is 12.1 Å². The summed E-state index contributed by atoms with van der Waals surface area (Å²) in [6.45, 7) is 0.601. The third-order valence-electron chi connectivity index (χ3n) is 4.61. The van der Waals surface area contributed by atoms with Crippen molar-refractivity contribution in [3.63, 3.8) is 0 Å². The zero-order chi connectivity index (χ0) is 21.1. The number of benzene rings is 2. The number of hydrogen-bond donors (Lipinski definition) is 3. The molecule has 0 spiro atoms. The summed E-state index contributed by atoms with van der Waals surface area (Å²) in [5.41, 5.74) is 9.87. The molecule has 2 aromatic carbocycles. The van der Waals surface area contributed by atoms with E-state index < -0.39 is 0 Å². The number of fused-ring (bicyclic) bond motifs is 1. The van der Waals surface area contributed by atoms with Crippen LogP contribution in [0.3, 0.4) is 0 Å². The predicted molar refractivity (Wildman–Crippen MR) is 114 cm³/mol. The normalized spacial score (nSPS) is 10.7. The molecule has 1 amide bonds. The van der Waals surface area contributed by atoms with E-state index in [1.807, 2.05) is 54.1 Å². The number of nitrogens with two attached hydrogens (primary N) is 1. The van der Waals surface area contributed by atoms with Crippen LogP contribution in [0.2, 0.25) is 0 Å². The van der Waals surface area contributed by atoms with Crippen molar-refractivity contribution in [2.75, 3.05) is 18.1 Å². The van der Waals surface area contributed by atoms with Crippen molar-refractivity contribution in [1.82, 2.24) is 24.8 Å². The quantitative estimate of drug-likeness (QED) is 0.423. The van der Waals surface area contributed by atoms with Crippen LogP contribution in [0.4, 0.5) is 11.6 Å². The minimum Gasteiger partial charge on any atom is -0.424 e. The Morgan fingerprint density at radius 3 is 2.57 bits per heavy atom. The van der Waals surface area contributed by atoms with Gasteiger partial charge in [-0.25, -0.2) is 15.0 Å². The van der Waals surface area contributed by atoms with Gasteiger partial charge in [0, 0.05) is 38.7 Å². The number of anilines is 2. The van der Waals surface area contributed by atoms with E-state index in [1.165, 1.54) is 12.4 Å². The van der Waals surface area contributed by atoms with Crippen LogP contribution < -0.4 is 21.1 Å². The topological polar surface area (TPSA) is 120 Å². The molecule has 2 heterocycles. The van der Waals surface area contributed by atoms with Crippen LogP contribution in [0.5, 0.6) is 11.8 Å². The zero-order valence-electron chi connectivity index (χ0n) is 16.6. The maximum Gasteiger partial charge on any atom is 0.321 e. The molecule has 0 aliphatic rings. The lowest BCUT2D eigenvalue weighted by molar-refractivity contribution is 0.0962. The number of amides is 1. The third-order valence-corrected chi connectivity index (χ3v) is 4.61. The lowest BCUT2D eigenvalue weighted by Crippen LogP contribution is -2.18. The smallest absolute Gasteiger partial charge is 0.321 e. The van der Waals surface area contributed by atoms with Crippen LogP contribution in [0.25, 0.3) is 11.0 Å². The maximum absolute atomic E-state index is 11.5. The standard InChI is InChI=1S/C21H21N7O2/c1-23-19(29)14-11-25-21(26-12-14)30-16-6-3-13(4-7-16)10-24-20-27-17-8-5-15(22)9-18(17)28(20)2/h3-9,11-12H,10,22H2,1-2H3,(H,23,29)(H,24,27). The van der Waals surface area contributed by atoms with E-state index in [2.05, 4.69) is 25.6 Å². The van der Waals surface area contributed by atoms with Gasteiger partial charge in [0.2, 0.25) is 5.95 Å². The predicted octanol–water partition coefficient (Wildman–Crippen LogP) is 2.71. The molecule has 0 fully saturated rings. The summed E-state index contributed by atoms with van der Waals surface area (Å²) in [6, 6.07) is 13.4. The number of nitrogens with one attached hydrogen (secondary N) is 2. The molecule has 152 valence electrons. The minimum atomic E-state index is -0.248. The van der Waals surface area contributed by atoms with Crippen molar-refractivity contribution in [1.29, 1.82) is 0 Å². The van der Waals surface area contributed by atoms with E-state index in [0.717, 1.165) is 22.5 Å². The molecule has 0 aliphatic carbocycles. The highest BCUT2D eigenvalue weighted by Gasteiger charge is 2.09. The Morgan fingerprint density at radius 1 is 1.13 bits per heavy atom. The van der Waals surface area contributed by atoms with E-state index in [-0.39, 0.29) is 11.9 Å². The number of rotatable bonds is 6. The molecule has 0 aliphatic heterocycles. The van der Waals surface area contributed by atoms with Crippen LogP contribution in [-0.2, 0) is 13.6 Å². The van der Waals surface area contributed by atoms with Gasteiger partial charge >= 0.3 is 6.01 Å². The van der Waals surface area contributed by atoms with Crippen molar-refractivity contribution >= 4 is 28.6 Å². The number of imidazole rings is 1. The molecule has 30 heavy (non-hydrogen) atoms. The van der Waals surface area contributed by atoms with Gasteiger partial charge in [-0.15, -0.1) is 0 Å². The van der Waals surface area contributed by atoms with Crippen molar-refractivity contribution < 1.29 is 9.53 Å². The fraction of sp³-hybridized carbons (Fsp3) is 0.143. The summed E-state index contributed by atoms with van der Waals surface area (Å²) in [5, 5.41) is 5.85. The highest BCUT2D eigenvalue weighted by Crippen LogP contribution is 2.22. The Bertz CT molecular complexity index is 1180. The Labute approximate surface area is 172 Å². The molecule has 4 rings (SSSR count). The van der Waals surface area contributed by atoms with E-state index in [0.29, 0.717) is 23.5 Å². The molecule has 4 aromatic rings. The van der Waals surface area contributed by atoms with E-state index in [1.54, 1.807) is 7.05 Å².